The fourth-order valence-corrected chi connectivity index (χ4v) is 22.3. The lowest BCUT2D eigenvalue weighted by molar-refractivity contribution is 0.654. The van der Waals surface area contributed by atoms with Crippen LogP contribution in [-0.4, -0.2) is 45.0 Å². The average molecular weight is 301 g/mol. The van der Waals surface area contributed by atoms with Crippen LogP contribution in [0.15, 0.2) is 0 Å². The molecule has 1 fully saturated rings. The molecule has 1 aliphatic rings. The summed E-state index contributed by atoms with van der Waals surface area (Å²) in [5, 5.41) is 0. The molecule has 0 aromatic rings. The van der Waals surface area contributed by atoms with E-state index in [0.29, 0.717) is 0 Å². The van der Waals surface area contributed by atoms with Gasteiger partial charge in [-0.1, -0.05) is 39.3 Å². The zero-order valence-electron chi connectivity index (χ0n) is 10.6. The highest BCUT2D eigenvalue weighted by atomic mass is 35.7. The zero-order chi connectivity index (χ0) is 12.1. The Hall–Kier alpha value is 1.15. The quantitative estimate of drug-likeness (QED) is 0.571. The predicted octanol–water partition coefficient (Wildman–Crippen LogP) is 3.19. The van der Waals surface area contributed by atoms with Crippen LogP contribution in [0.4, 0.5) is 0 Å². The fourth-order valence-electron chi connectivity index (χ4n) is 2.09. The van der Waals surface area contributed by atoms with Crippen LogP contribution in [0, 0.1) is 0 Å². The van der Waals surface area contributed by atoms with Gasteiger partial charge in [-0.15, -0.1) is 22.2 Å². The molecule has 1 saturated heterocycles. The third-order valence-electron chi connectivity index (χ3n) is 2.82. The van der Waals surface area contributed by atoms with Gasteiger partial charge in [-0.05, 0) is 13.1 Å². The summed E-state index contributed by atoms with van der Waals surface area (Å²) in [7, 11) is -5.07. The average Bonchev–Trinajstić information content (AvgIpc) is 2.21. The molecule has 0 radical (unpaired) electrons. The van der Waals surface area contributed by atoms with Gasteiger partial charge in [0.2, 0.25) is 0 Å². The third kappa shape index (κ3) is 2.88. The van der Waals surface area contributed by atoms with E-state index < -0.39 is 23.5 Å². The Bertz CT molecular complexity index is 223. The first-order valence-electron chi connectivity index (χ1n) is 5.40. The number of hydrogen-bond donors (Lipinski definition) is 0. The second-order valence-corrected chi connectivity index (χ2v) is 22.7. The van der Waals surface area contributed by atoms with Crippen molar-refractivity contribution in [1.82, 2.24) is 8.46 Å². The Labute approximate surface area is 106 Å². The maximum absolute atomic E-state index is 6.69. The van der Waals surface area contributed by atoms with Crippen LogP contribution >= 0.6 is 22.2 Å². The zero-order valence-corrected chi connectivity index (χ0v) is 15.1. The standard InChI is InChI=1S/C8H22Cl2N2Si3/c1-13(2,3)11-7-8-12(14(4,5)6)15(11,9)10/h7-8H2,1-6H3. The maximum Gasteiger partial charge on any atom is 0.395 e. The second-order valence-electron chi connectivity index (χ2n) is 6.15. The second kappa shape index (κ2) is 4.12. The van der Waals surface area contributed by atoms with Crippen molar-refractivity contribution in [3.05, 3.63) is 0 Å². The van der Waals surface area contributed by atoms with Crippen LogP contribution in [0.1, 0.15) is 0 Å². The van der Waals surface area contributed by atoms with Crippen LogP contribution in [0.3, 0.4) is 0 Å². The van der Waals surface area contributed by atoms with Gasteiger partial charge >= 0.3 is 7.02 Å². The van der Waals surface area contributed by atoms with Gasteiger partial charge in [0, 0.05) is 0 Å². The highest BCUT2D eigenvalue weighted by Crippen LogP contribution is 2.37. The minimum atomic E-state index is -2.34. The molecule has 0 amide bonds. The van der Waals surface area contributed by atoms with Crippen molar-refractivity contribution in [3.63, 3.8) is 0 Å². The Morgan fingerprint density at radius 1 is 0.800 bits per heavy atom. The lowest BCUT2D eigenvalue weighted by Crippen LogP contribution is -2.64. The summed E-state index contributed by atoms with van der Waals surface area (Å²) >= 11 is 13.4. The van der Waals surface area contributed by atoms with Crippen LogP contribution < -0.4 is 0 Å². The number of nitrogens with zero attached hydrogens (tertiary/aromatic N) is 2. The van der Waals surface area contributed by atoms with E-state index in [1.807, 2.05) is 0 Å². The molecule has 1 heterocycles. The van der Waals surface area contributed by atoms with E-state index in [2.05, 4.69) is 47.7 Å². The summed E-state index contributed by atoms with van der Waals surface area (Å²) in [5.41, 5.74) is 0. The van der Waals surface area contributed by atoms with Crippen molar-refractivity contribution in [3.8, 4) is 0 Å². The first-order chi connectivity index (χ1) is 6.47. The van der Waals surface area contributed by atoms with Gasteiger partial charge in [-0.2, -0.15) is 0 Å². The monoisotopic (exact) mass is 300 g/mol. The molecule has 0 saturated carbocycles. The molecule has 0 aromatic carbocycles. The van der Waals surface area contributed by atoms with Gasteiger partial charge < -0.3 is 8.46 Å². The SMILES string of the molecule is C[Si](C)(C)N1CCN([Si](C)(C)C)[Si]1(Cl)Cl. The highest BCUT2D eigenvalue weighted by Gasteiger charge is 2.56. The van der Waals surface area contributed by atoms with Gasteiger partial charge in [-0.3, -0.25) is 0 Å². The summed E-state index contributed by atoms with van der Waals surface area (Å²) < 4.78 is 4.89. The van der Waals surface area contributed by atoms with E-state index in [1.165, 1.54) is 0 Å². The minimum Gasteiger partial charge on any atom is -0.309 e. The minimum absolute atomic E-state index is 1.07. The molecule has 1 aliphatic heterocycles. The molecule has 2 nitrogen and oxygen atoms in total. The molecule has 0 unspecified atom stereocenters. The molecule has 1 rings (SSSR count). The van der Waals surface area contributed by atoms with Gasteiger partial charge in [0.05, 0.1) is 0 Å². The first-order valence-corrected chi connectivity index (χ1v) is 16.2. The van der Waals surface area contributed by atoms with E-state index in [0.717, 1.165) is 13.1 Å². The van der Waals surface area contributed by atoms with Crippen molar-refractivity contribution in [2.75, 3.05) is 13.1 Å². The molecule has 15 heavy (non-hydrogen) atoms. The van der Waals surface area contributed by atoms with E-state index in [1.54, 1.807) is 0 Å². The van der Waals surface area contributed by atoms with Gasteiger partial charge in [0.15, 0.2) is 0 Å². The largest absolute Gasteiger partial charge is 0.395 e. The molecule has 0 bridgehead atoms. The summed E-state index contributed by atoms with van der Waals surface area (Å²) in [5.74, 6) is 0. The first kappa shape index (κ1) is 14.2. The van der Waals surface area contributed by atoms with Crippen molar-refractivity contribution >= 4 is 45.6 Å². The number of hydrogen-bond acceptors (Lipinski definition) is 2. The normalized spacial score (nSPS) is 24.8. The van der Waals surface area contributed by atoms with E-state index >= 15 is 0 Å². The third-order valence-corrected chi connectivity index (χ3v) is 18.4. The van der Waals surface area contributed by atoms with Crippen LogP contribution in [0.5, 0.6) is 0 Å². The van der Waals surface area contributed by atoms with E-state index in [-0.39, 0.29) is 0 Å². The molecule has 0 aliphatic carbocycles. The predicted molar refractivity (Wildman–Crippen MR) is 77.6 cm³/mol. The van der Waals surface area contributed by atoms with E-state index in [4.69, 9.17) is 22.2 Å². The summed E-state index contributed by atoms with van der Waals surface area (Å²) in [6.07, 6.45) is 0. The summed E-state index contributed by atoms with van der Waals surface area (Å²) in [4.78, 5) is 0. The molecule has 7 heteroatoms. The van der Waals surface area contributed by atoms with Crippen molar-refractivity contribution in [2.45, 2.75) is 39.3 Å². The molecular formula is C8H22Cl2N2Si3. The summed E-state index contributed by atoms with van der Waals surface area (Å²) in [6.45, 7) is 16.1. The van der Waals surface area contributed by atoms with Crippen molar-refractivity contribution in [2.24, 2.45) is 0 Å². The molecular weight excluding hydrogens is 279 g/mol. The fraction of sp³-hybridized carbons (Fsp3) is 1.00. The molecule has 0 atom stereocenters. The number of rotatable bonds is 2. The molecule has 0 spiro atoms. The van der Waals surface area contributed by atoms with Gasteiger partial charge in [-0.25, -0.2) is 0 Å². The van der Waals surface area contributed by atoms with Crippen molar-refractivity contribution < 1.29 is 0 Å². The lowest BCUT2D eigenvalue weighted by atomic mass is 10.7. The van der Waals surface area contributed by atoms with Crippen molar-refractivity contribution in [1.29, 1.82) is 0 Å². The summed E-state index contributed by atoms with van der Waals surface area (Å²) in [6, 6.07) is 0. The molecule has 0 aromatic heterocycles. The Balaban J connectivity index is 2.95. The lowest BCUT2D eigenvalue weighted by Gasteiger charge is -2.42. The Kier molecular flexibility index (Phi) is 3.90. The van der Waals surface area contributed by atoms with Crippen LogP contribution in [0.25, 0.3) is 0 Å². The molecule has 90 valence electrons. The number of halogens is 2. The molecule has 0 N–H and O–H groups in total. The topological polar surface area (TPSA) is 6.48 Å². The maximum atomic E-state index is 6.69. The smallest absolute Gasteiger partial charge is 0.309 e. The van der Waals surface area contributed by atoms with Crippen LogP contribution in [0.2, 0.25) is 39.3 Å². The highest BCUT2D eigenvalue weighted by molar-refractivity contribution is 7.46. The van der Waals surface area contributed by atoms with Crippen LogP contribution in [-0.2, 0) is 0 Å². The van der Waals surface area contributed by atoms with Gasteiger partial charge in [0.1, 0.15) is 16.5 Å². The Morgan fingerprint density at radius 3 is 1.20 bits per heavy atom. The Morgan fingerprint density at radius 2 is 1.07 bits per heavy atom. The van der Waals surface area contributed by atoms with Gasteiger partial charge in [0.25, 0.3) is 0 Å². The van der Waals surface area contributed by atoms with E-state index in [9.17, 15) is 0 Å².